The molecule has 3 nitrogen and oxygen atoms in total. The van der Waals surface area contributed by atoms with E-state index in [1.54, 1.807) is 7.11 Å². The number of para-hydroxylation sites is 1. The normalized spacial score (nSPS) is 20.4. The number of anilines is 1. The molecule has 1 fully saturated rings. The Morgan fingerprint density at radius 3 is 2.85 bits per heavy atom. The monoisotopic (exact) mass is 276 g/mol. The Bertz CT molecular complexity index is 408. The molecule has 1 heterocycles. The number of rotatable bonds is 7. The van der Waals surface area contributed by atoms with Crippen molar-refractivity contribution in [2.45, 2.75) is 32.7 Å². The van der Waals surface area contributed by atoms with E-state index in [1.807, 2.05) is 0 Å². The topological polar surface area (TPSA) is 24.5 Å². The Kier molecular flexibility index (Phi) is 5.86. The fourth-order valence-corrected chi connectivity index (χ4v) is 3.21. The molecule has 0 aliphatic carbocycles. The van der Waals surface area contributed by atoms with Crippen LogP contribution in [0.5, 0.6) is 0 Å². The molecule has 0 radical (unpaired) electrons. The number of hydrogen-bond donors (Lipinski definition) is 1. The van der Waals surface area contributed by atoms with Crippen LogP contribution in [0.15, 0.2) is 24.3 Å². The van der Waals surface area contributed by atoms with Crippen molar-refractivity contribution in [3.05, 3.63) is 29.8 Å². The summed E-state index contributed by atoms with van der Waals surface area (Å²) < 4.78 is 5.31. The van der Waals surface area contributed by atoms with Gasteiger partial charge in [-0.05, 0) is 31.0 Å². The minimum Gasteiger partial charge on any atom is -0.384 e. The van der Waals surface area contributed by atoms with Crippen LogP contribution >= 0.6 is 0 Å². The zero-order chi connectivity index (χ0) is 14.4. The fourth-order valence-electron chi connectivity index (χ4n) is 3.21. The van der Waals surface area contributed by atoms with Crippen LogP contribution in [0.1, 0.15) is 38.3 Å². The molecule has 1 N–H and O–H groups in total. The van der Waals surface area contributed by atoms with Gasteiger partial charge in [-0.1, -0.05) is 32.0 Å². The van der Waals surface area contributed by atoms with Gasteiger partial charge in [-0.2, -0.15) is 0 Å². The summed E-state index contributed by atoms with van der Waals surface area (Å²) in [7, 11) is 1.80. The highest BCUT2D eigenvalue weighted by atomic mass is 16.5. The van der Waals surface area contributed by atoms with Crippen molar-refractivity contribution in [2.75, 3.05) is 38.3 Å². The van der Waals surface area contributed by atoms with Gasteiger partial charge in [0.25, 0.3) is 0 Å². The van der Waals surface area contributed by atoms with Crippen LogP contribution in [0.4, 0.5) is 5.69 Å². The highest BCUT2D eigenvalue weighted by molar-refractivity contribution is 5.55. The molecule has 1 aromatic rings. The Balaban J connectivity index is 2.15. The number of ether oxygens (including phenoxy) is 1. The third-order valence-electron chi connectivity index (χ3n) is 4.20. The average molecular weight is 276 g/mol. The summed E-state index contributed by atoms with van der Waals surface area (Å²) in [6.07, 6.45) is 2.36. The lowest BCUT2D eigenvalue weighted by atomic mass is 10.0. The summed E-state index contributed by atoms with van der Waals surface area (Å²) in [5, 5.41) is 3.60. The molecule has 112 valence electrons. The molecule has 20 heavy (non-hydrogen) atoms. The number of benzene rings is 1. The molecule has 0 saturated carbocycles. The third kappa shape index (κ3) is 3.53. The summed E-state index contributed by atoms with van der Waals surface area (Å²) in [5.41, 5.74) is 2.84. The quantitative estimate of drug-likeness (QED) is 0.827. The van der Waals surface area contributed by atoms with Gasteiger partial charge in [0, 0.05) is 37.8 Å². The van der Waals surface area contributed by atoms with E-state index in [0.29, 0.717) is 12.0 Å². The van der Waals surface area contributed by atoms with Gasteiger partial charge in [0.05, 0.1) is 6.61 Å². The molecule has 1 aliphatic rings. The van der Waals surface area contributed by atoms with Crippen LogP contribution in [0.3, 0.4) is 0 Å². The summed E-state index contributed by atoms with van der Waals surface area (Å²) in [5.74, 6) is 0.673. The Hall–Kier alpha value is -1.06. The molecule has 2 rings (SSSR count). The molecule has 1 aromatic carbocycles. The molecule has 0 amide bonds. The predicted octanol–water partition coefficient (Wildman–Crippen LogP) is 3.22. The first-order valence-corrected chi connectivity index (χ1v) is 7.86. The maximum absolute atomic E-state index is 5.31. The first kappa shape index (κ1) is 15.3. The van der Waals surface area contributed by atoms with Gasteiger partial charge in [0.15, 0.2) is 0 Å². The van der Waals surface area contributed by atoms with Crippen molar-refractivity contribution in [3.63, 3.8) is 0 Å². The van der Waals surface area contributed by atoms with Gasteiger partial charge >= 0.3 is 0 Å². The second kappa shape index (κ2) is 7.65. The number of methoxy groups -OCH3 is 1. The van der Waals surface area contributed by atoms with Crippen molar-refractivity contribution in [1.82, 2.24) is 5.32 Å². The molecule has 0 aromatic heterocycles. The number of hydrogen-bond acceptors (Lipinski definition) is 3. The predicted molar refractivity (Wildman–Crippen MR) is 85.3 cm³/mol. The third-order valence-corrected chi connectivity index (χ3v) is 4.20. The number of nitrogens with one attached hydrogen (secondary N) is 1. The molecular formula is C17H28N2O. The van der Waals surface area contributed by atoms with Crippen LogP contribution in [-0.4, -0.2) is 33.4 Å². The lowest BCUT2D eigenvalue weighted by Crippen LogP contribution is -2.26. The molecular weight excluding hydrogens is 248 g/mol. The van der Waals surface area contributed by atoms with Gasteiger partial charge < -0.3 is 15.0 Å². The minimum atomic E-state index is 0.456. The zero-order valence-corrected chi connectivity index (χ0v) is 13.1. The first-order valence-electron chi connectivity index (χ1n) is 7.86. The average Bonchev–Trinajstić information content (AvgIpc) is 2.94. The summed E-state index contributed by atoms with van der Waals surface area (Å²) in [6.45, 7) is 8.58. The van der Waals surface area contributed by atoms with E-state index >= 15 is 0 Å². The van der Waals surface area contributed by atoms with E-state index < -0.39 is 0 Å². The molecule has 2 unspecified atom stereocenters. The van der Waals surface area contributed by atoms with Crippen LogP contribution in [-0.2, 0) is 4.74 Å². The van der Waals surface area contributed by atoms with E-state index in [9.17, 15) is 0 Å². The number of nitrogens with zero attached hydrogens (tertiary/aromatic N) is 1. The zero-order valence-electron chi connectivity index (χ0n) is 13.1. The molecule has 0 spiro atoms. The van der Waals surface area contributed by atoms with Crippen LogP contribution in [0, 0.1) is 5.92 Å². The van der Waals surface area contributed by atoms with Gasteiger partial charge in [0.1, 0.15) is 0 Å². The van der Waals surface area contributed by atoms with E-state index in [0.717, 1.165) is 32.7 Å². The summed E-state index contributed by atoms with van der Waals surface area (Å²) in [6, 6.07) is 9.31. The molecule has 3 heteroatoms. The lowest BCUT2D eigenvalue weighted by molar-refractivity contribution is 0.161. The van der Waals surface area contributed by atoms with Crippen molar-refractivity contribution in [1.29, 1.82) is 0 Å². The maximum Gasteiger partial charge on any atom is 0.0508 e. The van der Waals surface area contributed by atoms with E-state index in [-0.39, 0.29) is 0 Å². The van der Waals surface area contributed by atoms with E-state index in [4.69, 9.17) is 4.74 Å². The molecule has 0 bridgehead atoms. The van der Waals surface area contributed by atoms with Crippen molar-refractivity contribution in [2.24, 2.45) is 5.92 Å². The van der Waals surface area contributed by atoms with Crippen LogP contribution in [0.2, 0.25) is 0 Å². The Labute approximate surface area is 123 Å². The second-order valence-corrected chi connectivity index (χ2v) is 5.63. The SMILES string of the molecule is CCNC(CC)c1ccccc1N1CCC(COC)C1. The largest absolute Gasteiger partial charge is 0.384 e. The van der Waals surface area contributed by atoms with Gasteiger partial charge in [0.2, 0.25) is 0 Å². The maximum atomic E-state index is 5.31. The fraction of sp³-hybridized carbons (Fsp3) is 0.647. The summed E-state index contributed by atoms with van der Waals surface area (Å²) >= 11 is 0. The van der Waals surface area contributed by atoms with Gasteiger partial charge in [-0.25, -0.2) is 0 Å². The first-order chi connectivity index (χ1) is 9.80. The Morgan fingerprint density at radius 2 is 2.15 bits per heavy atom. The standard InChI is InChI=1S/C17H28N2O/c1-4-16(18-5-2)15-8-6-7-9-17(15)19-11-10-14(12-19)13-20-3/h6-9,14,16,18H,4-5,10-13H2,1-3H3. The van der Waals surface area contributed by atoms with Gasteiger partial charge in [-0.3, -0.25) is 0 Å². The smallest absolute Gasteiger partial charge is 0.0508 e. The lowest BCUT2D eigenvalue weighted by Gasteiger charge is -2.26. The molecule has 1 saturated heterocycles. The van der Waals surface area contributed by atoms with Crippen molar-refractivity contribution < 1.29 is 4.74 Å². The highest BCUT2D eigenvalue weighted by Gasteiger charge is 2.25. The van der Waals surface area contributed by atoms with Crippen molar-refractivity contribution in [3.8, 4) is 0 Å². The van der Waals surface area contributed by atoms with Gasteiger partial charge in [-0.15, -0.1) is 0 Å². The van der Waals surface area contributed by atoms with Crippen LogP contribution < -0.4 is 10.2 Å². The molecule has 1 aliphatic heterocycles. The molecule has 2 atom stereocenters. The minimum absolute atomic E-state index is 0.456. The van der Waals surface area contributed by atoms with Crippen molar-refractivity contribution >= 4 is 5.69 Å². The second-order valence-electron chi connectivity index (χ2n) is 5.63. The Morgan fingerprint density at radius 1 is 1.35 bits per heavy atom. The van der Waals surface area contributed by atoms with E-state index in [2.05, 4.69) is 48.3 Å². The summed E-state index contributed by atoms with van der Waals surface area (Å²) in [4.78, 5) is 2.53. The highest BCUT2D eigenvalue weighted by Crippen LogP contribution is 2.31. The van der Waals surface area contributed by atoms with E-state index in [1.165, 1.54) is 17.7 Å². The van der Waals surface area contributed by atoms with Crippen LogP contribution in [0.25, 0.3) is 0 Å².